The number of hydrogen-bond acceptors (Lipinski definition) is 8. The van der Waals surface area contributed by atoms with Crippen molar-refractivity contribution in [2.24, 2.45) is 17.6 Å². The second-order valence-electron chi connectivity index (χ2n) is 12.0. The van der Waals surface area contributed by atoms with Crippen LogP contribution in [-0.4, -0.2) is 75.2 Å². The first-order chi connectivity index (χ1) is 22.0. The Hall–Kier alpha value is -3.91. The molecular formula is C32H43Cl2N5O8. The summed E-state index contributed by atoms with van der Waals surface area (Å²) >= 11 is 11.9. The fourth-order valence-electron chi connectivity index (χ4n) is 4.60. The van der Waals surface area contributed by atoms with Crippen molar-refractivity contribution in [3.8, 4) is 5.75 Å². The predicted molar refractivity (Wildman–Crippen MR) is 178 cm³/mol. The van der Waals surface area contributed by atoms with Gasteiger partial charge in [-0.3, -0.25) is 24.0 Å². The number of nitrogens with two attached hydrogens (primary N) is 1. The van der Waals surface area contributed by atoms with E-state index in [4.69, 9.17) is 34.0 Å². The number of halogens is 2. The largest absolute Gasteiger partial charge is 0.505 e. The highest BCUT2D eigenvalue weighted by molar-refractivity contribution is 6.37. The highest BCUT2D eigenvalue weighted by atomic mass is 35.5. The van der Waals surface area contributed by atoms with Crippen LogP contribution in [0.3, 0.4) is 0 Å². The number of aliphatic hydroxyl groups is 1. The third-order valence-corrected chi connectivity index (χ3v) is 7.73. The summed E-state index contributed by atoms with van der Waals surface area (Å²) in [4.78, 5) is 63.8. The fraction of sp³-hybridized carbons (Fsp3) is 0.469. The molecule has 4 amide bonds. The molecule has 5 atom stereocenters. The number of carboxylic acids is 1. The smallest absolute Gasteiger partial charge is 0.303 e. The zero-order valence-corrected chi connectivity index (χ0v) is 28.1. The van der Waals surface area contributed by atoms with Crippen LogP contribution in [0.25, 0.3) is 0 Å². The molecule has 0 saturated heterocycles. The number of rotatable bonds is 17. The summed E-state index contributed by atoms with van der Waals surface area (Å²) in [5, 5.41) is 40.0. The van der Waals surface area contributed by atoms with E-state index in [2.05, 4.69) is 21.3 Å². The molecule has 258 valence electrons. The Kier molecular flexibility index (Phi) is 15.4. The van der Waals surface area contributed by atoms with Crippen molar-refractivity contribution in [2.45, 2.75) is 83.6 Å². The quantitative estimate of drug-likeness (QED) is 0.114. The van der Waals surface area contributed by atoms with E-state index < -0.39 is 65.8 Å². The molecule has 9 N–H and O–H groups in total. The molecule has 0 unspecified atom stereocenters. The Bertz CT molecular complexity index is 1390. The second kappa shape index (κ2) is 18.4. The molecule has 0 aliphatic rings. The zero-order chi connectivity index (χ0) is 35.4. The van der Waals surface area contributed by atoms with Crippen molar-refractivity contribution in [1.29, 1.82) is 0 Å². The Morgan fingerprint density at radius 1 is 0.851 bits per heavy atom. The van der Waals surface area contributed by atoms with Crippen molar-refractivity contribution in [2.75, 3.05) is 5.32 Å². The van der Waals surface area contributed by atoms with Crippen LogP contribution in [0.2, 0.25) is 10.0 Å². The van der Waals surface area contributed by atoms with Crippen LogP contribution in [0, 0.1) is 11.8 Å². The van der Waals surface area contributed by atoms with Crippen molar-refractivity contribution in [1.82, 2.24) is 16.0 Å². The van der Waals surface area contributed by atoms with Crippen LogP contribution in [0.15, 0.2) is 42.5 Å². The van der Waals surface area contributed by atoms with Crippen LogP contribution >= 0.6 is 23.2 Å². The van der Waals surface area contributed by atoms with Crippen LogP contribution in [0.4, 0.5) is 5.69 Å². The number of aliphatic carboxylic acids is 1. The number of hydrogen-bond donors (Lipinski definition) is 8. The Labute approximate surface area is 283 Å². The first kappa shape index (κ1) is 39.3. The number of carboxylic acid groups (broad SMARTS) is 1. The van der Waals surface area contributed by atoms with E-state index in [9.17, 15) is 34.2 Å². The third-order valence-electron chi connectivity index (χ3n) is 7.15. The maximum Gasteiger partial charge on any atom is 0.303 e. The van der Waals surface area contributed by atoms with Gasteiger partial charge in [0.15, 0.2) is 11.9 Å². The molecule has 15 heteroatoms. The summed E-state index contributed by atoms with van der Waals surface area (Å²) in [5.74, 6) is -4.94. The SMILES string of the molecule is CC(C)C[C@H](NC(=O)[C@@H](NC(=O)[C@@H](N)CCC(=O)O)C(C)C)C(=O)N[C@@H](Cc1ccccc1)[C@@H](O)C(=O)Nc1cc(Cl)c(O)c(Cl)c1. The number of aliphatic hydroxyl groups excluding tert-OH is 1. The number of phenols is 1. The molecule has 2 rings (SSSR count). The molecule has 0 aromatic heterocycles. The molecule has 0 fully saturated rings. The van der Waals surface area contributed by atoms with Crippen LogP contribution in [0.5, 0.6) is 5.75 Å². The van der Waals surface area contributed by atoms with Crippen molar-refractivity contribution in [3.05, 3.63) is 58.1 Å². The molecule has 47 heavy (non-hydrogen) atoms. The van der Waals surface area contributed by atoms with Gasteiger partial charge < -0.3 is 42.3 Å². The second-order valence-corrected chi connectivity index (χ2v) is 12.8. The summed E-state index contributed by atoms with van der Waals surface area (Å²) < 4.78 is 0. The average Bonchev–Trinajstić information content (AvgIpc) is 2.99. The van der Waals surface area contributed by atoms with Crippen molar-refractivity contribution >= 4 is 58.5 Å². The Morgan fingerprint density at radius 3 is 1.98 bits per heavy atom. The summed E-state index contributed by atoms with van der Waals surface area (Å²) in [6.07, 6.45) is -2.01. The van der Waals surface area contributed by atoms with Gasteiger partial charge in [0.25, 0.3) is 5.91 Å². The molecule has 0 saturated carbocycles. The fourth-order valence-corrected chi connectivity index (χ4v) is 5.09. The number of benzene rings is 2. The highest BCUT2D eigenvalue weighted by Gasteiger charge is 2.34. The van der Waals surface area contributed by atoms with E-state index in [1.807, 2.05) is 13.8 Å². The van der Waals surface area contributed by atoms with Crippen LogP contribution in [-0.2, 0) is 30.4 Å². The topological polar surface area (TPSA) is 220 Å². The lowest BCUT2D eigenvalue weighted by molar-refractivity contribution is -0.137. The van der Waals surface area contributed by atoms with Gasteiger partial charge in [-0.15, -0.1) is 0 Å². The molecular weight excluding hydrogens is 653 g/mol. The normalized spacial score (nSPS) is 14.4. The number of amides is 4. The molecule has 2 aromatic carbocycles. The van der Waals surface area contributed by atoms with E-state index in [-0.39, 0.29) is 53.1 Å². The number of aromatic hydroxyl groups is 1. The van der Waals surface area contributed by atoms with E-state index in [0.717, 1.165) is 0 Å². The van der Waals surface area contributed by atoms with Crippen LogP contribution < -0.4 is 27.0 Å². The molecule has 0 radical (unpaired) electrons. The minimum Gasteiger partial charge on any atom is -0.505 e. The van der Waals surface area contributed by atoms with E-state index in [1.54, 1.807) is 44.2 Å². The molecule has 13 nitrogen and oxygen atoms in total. The highest BCUT2D eigenvalue weighted by Crippen LogP contribution is 2.34. The summed E-state index contributed by atoms with van der Waals surface area (Å²) in [6.45, 7) is 7.05. The number of carbonyl (C=O) groups excluding carboxylic acids is 4. The monoisotopic (exact) mass is 695 g/mol. The lowest BCUT2D eigenvalue weighted by atomic mass is 9.97. The standard InChI is InChI=1S/C32H43Cl2N5O8/c1-16(2)12-24(38-31(46)26(17(3)4)39-29(44)22(35)10-11-25(40)41)30(45)37-23(13-18-8-6-5-7-9-18)28(43)32(47)36-19-14-20(33)27(42)21(34)15-19/h5-9,14-17,22-24,26,28,42-43H,10-13,35H2,1-4H3,(H,36,47)(H,37,45)(H,38,46)(H,39,44)(H,40,41)/t22-,23-,24-,26-,28+/m0/s1. The van der Waals surface area contributed by atoms with Gasteiger partial charge in [-0.05, 0) is 48.8 Å². The minimum atomic E-state index is -1.78. The van der Waals surface area contributed by atoms with Gasteiger partial charge >= 0.3 is 5.97 Å². The molecule has 0 bridgehead atoms. The van der Waals surface area contributed by atoms with Gasteiger partial charge in [0.05, 0.1) is 22.1 Å². The van der Waals surface area contributed by atoms with Gasteiger partial charge in [-0.2, -0.15) is 0 Å². The number of phenolic OH excluding ortho intramolecular Hbond substituents is 1. The van der Waals surface area contributed by atoms with Gasteiger partial charge in [0.1, 0.15) is 12.1 Å². The third kappa shape index (κ3) is 12.7. The number of nitrogens with one attached hydrogen (secondary N) is 4. The Morgan fingerprint density at radius 2 is 1.45 bits per heavy atom. The van der Waals surface area contributed by atoms with E-state index >= 15 is 0 Å². The lowest BCUT2D eigenvalue weighted by Crippen LogP contribution is -2.59. The van der Waals surface area contributed by atoms with Gasteiger partial charge in [0, 0.05) is 12.1 Å². The lowest BCUT2D eigenvalue weighted by Gasteiger charge is -2.29. The molecule has 0 aliphatic carbocycles. The number of carbonyl (C=O) groups is 5. The minimum absolute atomic E-state index is 0.0412. The van der Waals surface area contributed by atoms with E-state index in [1.165, 1.54) is 12.1 Å². The average molecular weight is 697 g/mol. The summed E-state index contributed by atoms with van der Waals surface area (Å²) in [5.41, 5.74) is 6.62. The maximum atomic E-state index is 13.7. The Balaban J connectivity index is 2.28. The first-order valence-electron chi connectivity index (χ1n) is 15.1. The molecule has 0 aliphatic heterocycles. The van der Waals surface area contributed by atoms with Gasteiger partial charge in [-0.1, -0.05) is 81.2 Å². The van der Waals surface area contributed by atoms with Crippen LogP contribution in [0.1, 0.15) is 52.5 Å². The molecule has 0 spiro atoms. The van der Waals surface area contributed by atoms with E-state index in [0.29, 0.717) is 5.56 Å². The van der Waals surface area contributed by atoms with Crippen molar-refractivity contribution < 1.29 is 39.3 Å². The molecule has 0 heterocycles. The summed E-state index contributed by atoms with van der Waals surface area (Å²) in [7, 11) is 0. The van der Waals surface area contributed by atoms with Gasteiger partial charge in [0.2, 0.25) is 17.7 Å². The van der Waals surface area contributed by atoms with Crippen molar-refractivity contribution in [3.63, 3.8) is 0 Å². The predicted octanol–water partition coefficient (Wildman–Crippen LogP) is 2.59. The first-order valence-corrected chi connectivity index (χ1v) is 15.8. The molecule has 2 aromatic rings. The number of anilines is 1. The van der Waals surface area contributed by atoms with Gasteiger partial charge in [-0.25, -0.2) is 0 Å². The summed E-state index contributed by atoms with van der Waals surface area (Å²) in [6, 6.07) is 6.78. The maximum absolute atomic E-state index is 13.7. The zero-order valence-electron chi connectivity index (χ0n) is 26.6.